The molecule has 1 aromatic rings. The highest BCUT2D eigenvalue weighted by Gasteiger charge is 2.28. The van der Waals surface area contributed by atoms with E-state index < -0.39 is 5.97 Å². The molecular formula is C9H10ClN3O2. The SMILES string of the molecule is O=C(O)C1CCN(c2ccc(Cl)nn2)C1. The number of halogens is 1. The van der Waals surface area contributed by atoms with Crippen LogP contribution in [0.3, 0.4) is 0 Å². The van der Waals surface area contributed by atoms with Crippen molar-refractivity contribution in [3.8, 4) is 0 Å². The molecule has 1 saturated heterocycles. The third kappa shape index (κ3) is 2.18. The van der Waals surface area contributed by atoms with Crippen molar-refractivity contribution >= 4 is 23.4 Å². The van der Waals surface area contributed by atoms with Crippen LogP contribution >= 0.6 is 11.6 Å². The Bertz CT molecular complexity index is 368. The number of carboxylic acid groups (broad SMARTS) is 1. The Labute approximate surface area is 91.7 Å². The Hall–Kier alpha value is -1.36. The van der Waals surface area contributed by atoms with Crippen molar-refractivity contribution in [1.29, 1.82) is 0 Å². The van der Waals surface area contributed by atoms with Crippen molar-refractivity contribution in [3.05, 3.63) is 17.3 Å². The molecule has 0 amide bonds. The molecular weight excluding hydrogens is 218 g/mol. The minimum absolute atomic E-state index is 0.303. The molecule has 0 aromatic carbocycles. The molecule has 0 aliphatic carbocycles. The van der Waals surface area contributed by atoms with Crippen LogP contribution in [0.25, 0.3) is 0 Å². The van der Waals surface area contributed by atoms with Gasteiger partial charge < -0.3 is 10.0 Å². The molecule has 0 radical (unpaired) electrons. The van der Waals surface area contributed by atoms with E-state index in [1.807, 2.05) is 4.90 Å². The summed E-state index contributed by atoms with van der Waals surface area (Å²) in [4.78, 5) is 12.7. The van der Waals surface area contributed by atoms with Gasteiger partial charge >= 0.3 is 5.97 Å². The third-order valence-electron chi connectivity index (χ3n) is 2.48. The minimum atomic E-state index is -0.751. The third-order valence-corrected chi connectivity index (χ3v) is 2.68. The van der Waals surface area contributed by atoms with Gasteiger partial charge in [0.05, 0.1) is 5.92 Å². The summed E-state index contributed by atoms with van der Waals surface area (Å²) >= 11 is 5.61. The molecule has 80 valence electrons. The second-order valence-electron chi connectivity index (χ2n) is 3.48. The summed E-state index contributed by atoms with van der Waals surface area (Å²) < 4.78 is 0. The molecule has 1 fully saturated rings. The number of aliphatic carboxylic acids is 1. The van der Waals surface area contributed by atoms with Crippen LogP contribution in [-0.2, 0) is 4.79 Å². The van der Waals surface area contributed by atoms with Gasteiger partial charge in [-0.2, -0.15) is 0 Å². The van der Waals surface area contributed by atoms with Crippen molar-refractivity contribution < 1.29 is 9.90 Å². The highest BCUT2D eigenvalue weighted by atomic mass is 35.5. The van der Waals surface area contributed by atoms with E-state index >= 15 is 0 Å². The average molecular weight is 228 g/mol. The lowest BCUT2D eigenvalue weighted by molar-refractivity contribution is -0.140. The average Bonchev–Trinajstić information content (AvgIpc) is 2.68. The zero-order valence-corrected chi connectivity index (χ0v) is 8.68. The van der Waals surface area contributed by atoms with Gasteiger partial charge in [0.2, 0.25) is 0 Å². The fourth-order valence-electron chi connectivity index (χ4n) is 1.65. The van der Waals surface area contributed by atoms with Crippen LogP contribution in [0.2, 0.25) is 5.15 Å². The van der Waals surface area contributed by atoms with E-state index in [0.29, 0.717) is 30.5 Å². The van der Waals surface area contributed by atoms with Gasteiger partial charge in [-0.05, 0) is 18.6 Å². The van der Waals surface area contributed by atoms with Gasteiger partial charge in [0.25, 0.3) is 0 Å². The Balaban J connectivity index is 2.07. The maximum Gasteiger partial charge on any atom is 0.308 e. The largest absolute Gasteiger partial charge is 0.481 e. The zero-order valence-electron chi connectivity index (χ0n) is 7.93. The van der Waals surface area contributed by atoms with Gasteiger partial charge in [-0.25, -0.2) is 0 Å². The summed E-state index contributed by atoms with van der Waals surface area (Å²) in [6.07, 6.45) is 0.652. The zero-order chi connectivity index (χ0) is 10.8. The second kappa shape index (κ2) is 4.02. The number of aromatic nitrogens is 2. The number of hydrogen-bond donors (Lipinski definition) is 1. The number of carbonyl (C=O) groups is 1. The van der Waals surface area contributed by atoms with Gasteiger partial charge in [0.15, 0.2) is 11.0 Å². The predicted octanol–water partition coefficient (Wildman–Crippen LogP) is 1.04. The minimum Gasteiger partial charge on any atom is -0.481 e. The molecule has 1 N–H and O–H groups in total. The van der Waals surface area contributed by atoms with E-state index in [1.54, 1.807) is 12.1 Å². The summed E-state index contributed by atoms with van der Waals surface area (Å²) in [6, 6.07) is 3.40. The van der Waals surface area contributed by atoms with E-state index in [1.165, 1.54) is 0 Å². The lowest BCUT2D eigenvalue weighted by atomic mass is 10.1. The quantitative estimate of drug-likeness (QED) is 0.818. The van der Waals surface area contributed by atoms with Crippen LogP contribution in [0, 0.1) is 5.92 Å². The molecule has 1 atom stereocenters. The van der Waals surface area contributed by atoms with Gasteiger partial charge in [-0.15, -0.1) is 10.2 Å². The molecule has 1 aliphatic heterocycles. The van der Waals surface area contributed by atoms with Gasteiger partial charge in [0.1, 0.15) is 0 Å². The van der Waals surface area contributed by atoms with Crippen LogP contribution in [0.4, 0.5) is 5.82 Å². The van der Waals surface area contributed by atoms with Crippen LogP contribution in [0.1, 0.15) is 6.42 Å². The van der Waals surface area contributed by atoms with Crippen LogP contribution in [0.5, 0.6) is 0 Å². The van der Waals surface area contributed by atoms with Gasteiger partial charge in [-0.1, -0.05) is 11.6 Å². The summed E-state index contributed by atoms with van der Waals surface area (Å²) in [5, 5.41) is 16.8. The van der Waals surface area contributed by atoms with Crippen molar-refractivity contribution in [2.75, 3.05) is 18.0 Å². The summed E-state index contributed by atoms with van der Waals surface area (Å²) in [5.41, 5.74) is 0. The number of nitrogens with zero attached hydrogens (tertiary/aromatic N) is 3. The Morgan fingerprint density at radius 2 is 2.33 bits per heavy atom. The first-order valence-corrected chi connectivity index (χ1v) is 5.01. The van der Waals surface area contributed by atoms with E-state index in [0.717, 1.165) is 0 Å². The van der Waals surface area contributed by atoms with E-state index in [2.05, 4.69) is 10.2 Å². The summed E-state index contributed by atoms with van der Waals surface area (Å²) in [7, 11) is 0. The monoisotopic (exact) mass is 227 g/mol. The van der Waals surface area contributed by atoms with Crippen molar-refractivity contribution in [1.82, 2.24) is 10.2 Å². The Morgan fingerprint density at radius 3 is 2.87 bits per heavy atom. The number of anilines is 1. The molecule has 1 unspecified atom stereocenters. The van der Waals surface area contributed by atoms with Crippen LogP contribution < -0.4 is 4.90 Å². The van der Waals surface area contributed by atoms with Crippen molar-refractivity contribution in [2.45, 2.75) is 6.42 Å². The van der Waals surface area contributed by atoms with E-state index in [4.69, 9.17) is 16.7 Å². The number of hydrogen-bond acceptors (Lipinski definition) is 4. The van der Waals surface area contributed by atoms with Gasteiger partial charge in [0, 0.05) is 13.1 Å². The summed E-state index contributed by atoms with van der Waals surface area (Å²) in [6.45, 7) is 1.19. The maximum atomic E-state index is 10.7. The predicted molar refractivity (Wildman–Crippen MR) is 55.0 cm³/mol. The van der Waals surface area contributed by atoms with Crippen molar-refractivity contribution in [3.63, 3.8) is 0 Å². The smallest absolute Gasteiger partial charge is 0.308 e. The van der Waals surface area contributed by atoms with Gasteiger partial charge in [-0.3, -0.25) is 4.79 Å². The van der Waals surface area contributed by atoms with Crippen molar-refractivity contribution in [2.24, 2.45) is 5.92 Å². The molecule has 5 nitrogen and oxygen atoms in total. The normalized spacial score (nSPS) is 20.6. The highest BCUT2D eigenvalue weighted by Crippen LogP contribution is 2.22. The second-order valence-corrected chi connectivity index (χ2v) is 3.87. The standard InChI is InChI=1S/C9H10ClN3O2/c10-7-1-2-8(12-11-7)13-4-3-6(5-13)9(14)15/h1-2,6H,3-5H2,(H,14,15). The van der Waals surface area contributed by atoms with Crippen LogP contribution in [0.15, 0.2) is 12.1 Å². The maximum absolute atomic E-state index is 10.7. The Kier molecular flexibility index (Phi) is 2.73. The lowest BCUT2D eigenvalue weighted by Crippen LogP contribution is -2.23. The number of carboxylic acids is 1. The van der Waals surface area contributed by atoms with Crippen LogP contribution in [-0.4, -0.2) is 34.4 Å². The first-order chi connectivity index (χ1) is 7.16. The molecule has 1 aromatic heterocycles. The van der Waals surface area contributed by atoms with E-state index in [-0.39, 0.29) is 5.92 Å². The molecule has 0 saturated carbocycles. The number of rotatable bonds is 2. The molecule has 15 heavy (non-hydrogen) atoms. The molecule has 2 heterocycles. The lowest BCUT2D eigenvalue weighted by Gasteiger charge is -2.15. The first kappa shape index (κ1) is 10.2. The fourth-order valence-corrected chi connectivity index (χ4v) is 1.75. The summed E-state index contributed by atoms with van der Waals surface area (Å²) in [5.74, 6) is -0.370. The molecule has 0 spiro atoms. The first-order valence-electron chi connectivity index (χ1n) is 4.64. The van der Waals surface area contributed by atoms with E-state index in [9.17, 15) is 4.79 Å². The molecule has 0 bridgehead atoms. The fraction of sp³-hybridized carbons (Fsp3) is 0.444. The molecule has 6 heteroatoms. The topological polar surface area (TPSA) is 66.3 Å². The highest BCUT2D eigenvalue weighted by molar-refractivity contribution is 6.29. The molecule has 1 aliphatic rings. The molecule has 2 rings (SSSR count). The Morgan fingerprint density at radius 1 is 1.53 bits per heavy atom.